The number of nitrogens with zero attached hydrogens (tertiary/aromatic N) is 4. The van der Waals surface area contributed by atoms with Crippen LogP contribution in [-0.2, 0) is 11.2 Å². The SMILES string of the molecule is CCCc1cc(N2CCC[C@@H](CN3CCCC3=O)C2)nc(C)n1. The molecule has 0 saturated carbocycles. The third-order valence-electron chi connectivity index (χ3n) is 4.88. The van der Waals surface area contributed by atoms with Crippen LogP contribution in [0.3, 0.4) is 0 Å². The van der Waals surface area contributed by atoms with Gasteiger partial charge in [0.05, 0.1) is 0 Å². The fraction of sp³-hybridized carbons (Fsp3) is 0.722. The molecule has 5 heteroatoms. The molecule has 126 valence electrons. The molecule has 0 aliphatic carbocycles. The Morgan fingerprint density at radius 1 is 1.26 bits per heavy atom. The van der Waals surface area contributed by atoms with Crippen LogP contribution in [-0.4, -0.2) is 47.0 Å². The van der Waals surface area contributed by atoms with Crippen molar-refractivity contribution >= 4 is 11.7 Å². The Hall–Kier alpha value is -1.65. The summed E-state index contributed by atoms with van der Waals surface area (Å²) in [7, 11) is 0. The van der Waals surface area contributed by atoms with Crippen molar-refractivity contribution in [3.8, 4) is 0 Å². The number of hydrogen-bond acceptors (Lipinski definition) is 4. The fourth-order valence-electron chi connectivity index (χ4n) is 3.79. The molecule has 23 heavy (non-hydrogen) atoms. The van der Waals surface area contributed by atoms with E-state index in [1.807, 2.05) is 6.92 Å². The number of piperidine rings is 1. The first-order valence-corrected chi connectivity index (χ1v) is 9.03. The lowest BCUT2D eigenvalue weighted by Crippen LogP contribution is -2.41. The highest BCUT2D eigenvalue weighted by atomic mass is 16.2. The molecule has 2 aliphatic rings. The molecular weight excluding hydrogens is 288 g/mol. The van der Waals surface area contributed by atoms with Crippen molar-refractivity contribution in [1.29, 1.82) is 0 Å². The monoisotopic (exact) mass is 316 g/mol. The van der Waals surface area contributed by atoms with Crippen molar-refractivity contribution in [2.75, 3.05) is 31.1 Å². The molecule has 2 aliphatic heterocycles. The van der Waals surface area contributed by atoms with Crippen molar-refractivity contribution < 1.29 is 4.79 Å². The van der Waals surface area contributed by atoms with Crippen molar-refractivity contribution in [3.63, 3.8) is 0 Å². The second kappa shape index (κ2) is 7.28. The molecule has 1 aromatic heterocycles. The number of likely N-dealkylation sites (tertiary alicyclic amines) is 1. The van der Waals surface area contributed by atoms with Crippen LogP contribution in [0.15, 0.2) is 6.07 Å². The molecule has 0 radical (unpaired) electrons. The number of aromatic nitrogens is 2. The molecule has 0 spiro atoms. The lowest BCUT2D eigenvalue weighted by Gasteiger charge is -2.35. The molecule has 5 nitrogen and oxygen atoms in total. The number of carbonyl (C=O) groups is 1. The standard InChI is InChI=1S/C18H28N4O/c1-3-6-16-11-17(20-14(2)19-16)21-9-4-7-15(12-21)13-22-10-5-8-18(22)23/h11,15H,3-10,12-13H2,1-2H3/t15-/m1/s1. The van der Waals surface area contributed by atoms with E-state index in [9.17, 15) is 4.79 Å². The molecular formula is C18H28N4O. The lowest BCUT2D eigenvalue weighted by molar-refractivity contribution is -0.128. The largest absolute Gasteiger partial charge is 0.356 e. The zero-order chi connectivity index (χ0) is 16.2. The zero-order valence-corrected chi connectivity index (χ0v) is 14.4. The molecule has 0 bridgehead atoms. The molecule has 0 N–H and O–H groups in total. The van der Waals surface area contributed by atoms with Gasteiger partial charge in [-0.3, -0.25) is 4.79 Å². The summed E-state index contributed by atoms with van der Waals surface area (Å²) in [6.07, 6.45) is 6.28. The Bertz CT molecular complexity index is 560. The van der Waals surface area contributed by atoms with Crippen LogP contribution in [0.2, 0.25) is 0 Å². The predicted octanol–water partition coefficient (Wildman–Crippen LogP) is 2.58. The maximum atomic E-state index is 11.9. The van der Waals surface area contributed by atoms with Crippen LogP contribution in [0, 0.1) is 12.8 Å². The van der Waals surface area contributed by atoms with Crippen LogP contribution in [0.5, 0.6) is 0 Å². The predicted molar refractivity (Wildman–Crippen MR) is 91.5 cm³/mol. The van der Waals surface area contributed by atoms with E-state index in [0.717, 1.165) is 69.2 Å². The highest BCUT2D eigenvalue weighted by Crippen LogP contribution is 2.24. The Balaban J connectivity index is 1.67. The summed E-state index contributed by atoms with van der Waals surface area (Å²) in [6.45, 7) is 8.09. The van der Waals surface area contributed by atoms with Crippen LogP contribution < -0.4 is 4.90 Å². The van der Waals surface area contributed by atoms with E-state index in [4.69, 9.17) is 0 Å². The van der Waals surface area contributed by atoms with E-state index in [0.29, 0.717) is 11.8 Å². The number of aryl methyl sites for hydroxylation is 2. The van der Waals surface area contributed by atoms with Crippen molar-refractivity contribution in [2.45, 2.75) is 52.4 Å². The minimum atomic E-state index is 0.338. The highest BCUT2D eigenvalue weighted by Gasteiger charge is 2.27. The van der Waals surface area contributed by atoms with Gasteiger partial charge in [-0.1, -0.05) is 13.3 Å². The normalized spacial score (nSPS) is 22.0. The van der Waals surface area contributed by atoms with Gasteiger partial charge < -0.3 is 9.80 Å². The first kappa shape index (κ1) is 16.2. The van der Waals surface area contributed by atoms with Gasteiger partial charge in [-0.15, -0.1) is 0 Å². The summed E-state index contributed by atoms with van der Waals surface area (Å²) < 4.78 is 0. The Morgan fingerprint density at radius 2 is 2.13 bits per heavy atom. The molecule has 1 amide bonds. The Morgan fingerprint density at radius 3 is 2.87 bits per heavy atom. The third-order valence-corrected chi connectivity index (χ3v) is 4.88. The minimum Gasteiger partial charge on any atom is -0.356 e. The Labute approximate surface area is 139 Å². The van der Waals surface area contributed by atoms with Gasteiger partial charge in [0.2, 0.25) is 5.91 Å². The first-order valence-electron chi connectivity index (χ1n) is 9.03. The molecule has 1 atom stereocenters. The third kappa shape index (κ3) is 4.01. The molecule has 3 heterocycles. The minimum absolute atomic E-state index is 0.338. The van der Waals surface area contributed by atoms with Gasteiger partial charge in [-0.2, -0.15) is 0 Å². The van der Waals surface area contributed by atoms with E-state index in [2.05, 4.69) is 32.8 Å². The number of carbonyl (C=O) groups excluding carboxylic acids is 1. The van der Waals surface area contributed by atoms with E-state index in [1.54, 1.807) is 0 Å². The van der Waals surface area contributed by atoms with Crippen molar-refractivity contribution in [1.82, 2.24) is 14.9 Å². The van der Waals surface area contributed by atoms with E-state index < -0.39 is 0 Å². The fourth-order valence-corrected chi connectivity index (χ4v) is 3.79. The number of rotatable bonds is 5. The van der Waals surface area contributed by atoms with Crippen molar-refractivity contribution in [3.05, 3.63) is 17.6 Å². The molecule has 2 saturated heterocycles. The van der Waals surface area contributed by atoms with E-state index >= 15 is 0 Å². The average molecular weight is 316 g/mol. The van der Waals surface area contributed by atoms with Crippen LogP contribution in [0.25, 0.3) is 0 Å². The van der Waals surface area contributed by atoms with Gasteiger partial charge in [-0.25, -0.2) is 9.97 Å². The second-order valence-electron chi connectivity index (χ2n) is 6.91. The van der Waals surface area contributed by atoms with Crippen LogP contribution in [0.4, 0.5) is 5.82 Å². The maximum absolute atomic E-state index is 11.9. The summed E-state index contributed by atoms with van der Waals surface area (Å²) in [6, 6.07) is 2.15. The summed E-state index contributed by atoms with van der Waals surface area (Å²) in [4.78, 5) is 25.5. The van der Waals surface area contributed by atoms with Gasteiger partial charge in [0, 0.05) is 44.4 Å². The second-order valence-corrected chi connectivity index (χ2v) is 6.91. The van der Waals surface area contributed by atoms with Crippen LogP contribution >= 0.6 is 0 Å². The quantitative estimate of drug-likeness (QED) is 0.838. The molecule has 1 aromatic rings. The van der Waals surface area contributed by atoms with Crippen molar-refractivity contribution in [2.24, 2.45) is 5.92 Å². The highest BCUT2D eigenvalue weighted by molar-refractivity contribution is 5.78. The van der Waals surface area contributed by atoms with E-state index in [-0.39, 0.29) is 0 Å². The number of hydrogen-bond donors (Lipinski definition) is 0. The van der Waals surface area contributed by atoms with Gasteiger partial charge in [-0.05, 0) is 38.5 Å². The molecule has 2 fully saturated rings. The molecule has 0 unspecified atom stereocenters. The summed E-state index contributed by atoms with van der Waals surface area (Å²) in [5, 5.41) is 0. The maximum Gasteiger partial charge on any atom is 0.222 e. The number of amides is 1. The van der Waals surface area contributed by atoms with Gasteiger partial charge in [0.25, 0.3) is 0 Å². The summed E-state index contributed by atoms with van der Waals surface area (Å²) >= 11 is 0. The topological polar surface area (TPSA) is 49.3 Å². The first-order chi connectivity index (χ1) is 11.2. The van der Waals surface area contributed by atoms with E-state index in [1.165, 1.54) is 12.8 Å². The summed E-state index contributed by atoms with van der Waals surface area (Å²) in [5.41, 5.74) is 1.15. The summed E-state index contributed by atoms with van der Waals surface area (Å²) in [5.74, 6) is 2.84. The molecule has 3 rings (SSSR count). The molecule has 0 aromatic carbocycles. The van der Waals surface area contributed by atoms with Gasteiger partial charge >= 0.3 is 0 Å². The smallest absolute Gasteiger partial charge is 0.222 e. The average Bonchev–Trinajstić information content (AvgIpc) is 2.92. The zero-order valence-electron chi connectivity index (χ0n) is 14.4. The lowest BCUT2D eigenvalue weighted by atomic mass is 9.97. The van der Waals surface area contributed by atoms with Gasteiger partial charge in [0.1, 0.15) is 11.6 Å². The number of anilines is 1. The Kier molecular flexibility index (Phi) is 5.13. The van der Waals surface area contributed by atoms with Gasteiger partial charge in [0.15, 0.2) is 0 Å². The van der Waals surface area contributed by atoms with Crippen LogP contribution in [0.1, 0.15) is 50.5 Å².